The monoisotopic (exact) mass is 280 g/mol. The van der Waals surface area contributed by atoms with E-state index >= 15 is 0 Å². The van der Waals surface area contributed by atoms with Gasteiger partial charge in [-0.3, -0.25) is 4.90 Å². The average Bonchev–Trinajstić information content (AvgIpc) is 2.66. The van der Waals surface area contributed by atoms with E-state index in [1.54, 1.807) is 0 Å². The van der Waals surface area contributed by atoms with Crippen molar-refractivity contribution in [3.05, 3.63) is 23.2 Å². The molecule has 4 nitrogen and oxygen atoms in total. The molecule has 1 aliphatic rings. The molecule has 0 unspecified atom stereocenters. The van der Waals surface area contributed by atoms with Gasteiger partial charge in [-0.05, 0) is 26.8 Å². The summed E-state index contributed by atoms with van der Waals surface area (Å²) in [5, 5.41) is 3.39. The Morgan fingerprint density at radius 2 is 2.15 bits per heavy atom. The molecular weight excluding hydrogens is 252 g/mol. The van der Waals surface area contributed by atoms with Crippen LogP contribution in [0.3, 0.4) is 0 Å². The van der Waals surface area contributed by atoms with E-state index in [1.807, 2.05) is 0 Å². The van der Waals surface area contributed by atoms with Crippen LogP contribution >= 0.6 is 0 Å². The second-order valence-electron chi connectivity index (χ2n) is 6.65. The van der Waals surface area contributed by atoms with Crippen molar-refractivity contribution in [3.63, 3.8) is 0 Å². The molecular formula is C16H28N2O2. The second kappa shape index (κ2) is 6.29. The van der Waals surface area contributed by atoms with Crippen LogP contribution in [0, 0.1) is 6.92 Å². The molecule has 1 saturated heterocycles. The van der Waals surface area contributed by atoms with Crippen LogP contribution in [0.4, 0.5) is 0 Å². The van der Waals surface area contributed by atoms with Crippen molar-refractivity contribution in [1.82, 2.24) is 10.2 Å². The summed E-state index contributed by atoms with van der Waals surface area (Å²) in [7, 11) is 0. The zero-order valence-corrected chi connectivity index (χ0v) is 13.5. The summed E-state index contributed by atoms with van der Waals surface area (Å²) in [6, 6.07) is 2.66. The third-order valence-electron chi connectivity index (χ3n) is 3.65. The molecule has 2 heterocycles. The molecule has 0 amide bonds. The van der Waals surface area contributed by atoms with Crippen LogP contribution in [0.5, 0.6) is 0 Å². The minimum atomic E-state index is -0.0437. The van der Waals surface area contributed by atoms with Crippen LogP contribution in [0.15, 0.2) is 10.5 Å². The number of ether oxygens (including phenoxy) is 1. The number of morpholine rings is 1. The SMILES string of the molecule is Cc1oc(CNC(C)C)cc1CN1CCOC(C)(C)C1. The lowest BCUT2D eigenvalue weighted by molar-refractivity contribution is -0.0883. The van der Waals surface area contributed by atoms with Crippen molar-refractivity contribution in [3.8, 4) is 0 Å². The molecule has 114 valence electrons. The topological polar surface area (TPSA) is 37.6 Å². The predicted molar refractivity (Wildman–Crippen MR) is 80.7 cm³/mol. The van der Waals surface area contributed by atoms with Crippen molar-refractivity contribution in [2.75, 3.05) is 19.7 Å². The van der Waals surface area contributed by atoms with Crippen molar-refractivity contribution < 1.29 is 9.15 Å². The van der Waals surface area contributed by atoms with Gasteiger partial charge in [0.05, 0.1) is 18.8 Å². The average molecular weight is 280 g/mol. The maximum Gasteiger partial charge on any atom is 0.118 e. The highest BCUT2D eigenvalue weighted by molar-refractivity contribution is 5.21. The van der Waals surface area contributed by atoms with Gasteiger partial charge in [-0.25, -0.2) is 0 Å². The summed E-state index contributed by atoms with van der Waals surface area (Å²) in [4.78, 5) is 2.45. The van der Waals surface area contributed by atoms with E-state index in [0.29, 0.717) is 6.04 Å². The Kier molecular flexibility index (Phi) is 4.89. The highest BCUT2D eigenvalue weighted by Crippen LogP contribution is 2.21. The molecule has 0 aromatic carbocycles. The molecule has 1 aliphatic heterocycles. The summed E-state index contributed by atoms with van der Waals surface area (Å²) in [5.74, 6) is 2.06. The zero-order valence-electron chi connectivity index (χ0n) is 13.5. The van der Waals surface area contributed by atoms with Gasteiger partial charge in [0.2, 0.25) is 0 Å². The molecule has 0 bridgehead atoms. The second-order valence-corrected chi connectivity index (χ2v) is 6.65. The summed E-state index contributed by atoms with van der Waals surface area (Å²) in [5.41, 5.74) is 1.25. The van der Waals surface area contributed by atoms with Gasteiger partial charge in [0.1, 0.15) is 11.5 Å². The molecule has 0 saturated carbocycles. The van der Waals surface area contributed by atoms with E-state index in [-0.39, 0.29) is 5.60 Å². The molecule has 1 aromatic rings. The smallest absolute Gasteiger partial charge is 0.118 e. The van der Waals surface area contributed by atoms with Gasteiger partial charge in [-0.1, -0.05) is 13.8 Å². The van der Waals surface area contributed by atoms with Gasteiger partial charge in [0.25, 0.3) is 0 Å². The lowest BCUT2D eigenvalue weighted by Gasteiger charge is -2.38. The van der Waals surface area contributed by atoms with Crippen LogP contribution in [0.1, 0.15) is 44.8 Å². The maximum atomic E-state index is 5.84. The summed E-state index contributed by atoms with van der Waals surface area (Å²) in [6.45, 7) is 15.2. The minimum Gasteiger partial charge on any atom is -0.465 e. The number of furan rings is 1. The lowest BCUT2D eigenvalue weighted by Crippen LogP contribution is -2.47. The van der Waals surface area contributed by atoms with Gasteiger partial charge in [0.15, 0.2) is 0 Å². The van der Waals surface area contributed by atoms with Crippen molar-refractivity contribution in [2.45, 2.75) is 59.4 Å². The lowest BCUT2D eigenvalue weighted by atomic mass is 10.1. The largest absolute Gasteiger partial charge is 0.465 e. The first-order valence-corrected chi connectivity index (χ1v) is 7.53. The fourth-order valence-corrected chi connectivity index (χ4v) is 2.63. The standard InChI is InChI=1S/C16H28N2O2/c1-12(2)17-9-15-8-14(13(3)20-15)10-18-6-7-19-16(4,5)11-18/h8,12,17H,6-7,9-11H2,1-5H3. The molecule has 0 radical (unpaired) electrons. The highest BCUT2D eigenvalue weighted by atomic mass is 16.5. The molecule has 0 aliphatic carbocycles. The first-order chi connectivity index (χ1) is 9.35. The van der Waals surface area contributed by atoms with Gasteiger partial charge in [-0.2, -0.15) is 0 Å². The van der Waals surface area contributed by atoms with E-state index in [2.05, 4.69) is 50.9 Å². The number of nitrogens with one attached hydrogen (secondary N) is 1. The molecule has 20 heavy (non-hydrogen) atoms. The Labute approximate surface area is 122 Å². The fraction of sp³-hybridized carbons (Fsp3) is 0.750. The van der Waals surface area contributed by atoms with Crippen LogP contribution in [0.2, 0.25) is 0 Å². The molecule has 0 spiro atoms. The third kappa shape index (κ3) is 4.33. The van der Waals surface area contributed by atoms with Crippen LogP contribution < -0.4 is 5.32 Å². The van der Waals surface area contributed by atoms with Gasteiger partial charge >= 0.3 is 0 Å². The normalized spacial score (nSPS) is 19.7. The first kappa shape index (κ1) is 15.5. The Balaban J connectivity index is 1.95. The Morgan fingerprint density at radius 3 is 2.80 bits per heavy atom. The quantitative estimate of drug-likeness (QED) is 0.900. The van der Waals surface area contributed by atoms with Crippen LogP contribution in [-0.2, 0) is 17.8 Å². The molecule has 0 atom stereocenters. The predicted octanol–water partition coefficient (Wildman–Crippen LogP) is 2.70. The fourth-order valence-electron chi connectivity index (χ4n) is 2.63. The van der Waals surface area contributed by atoms with Gasteiger partial charge in [0, 0.05) is 31.2 Å². The third-order valence-corrected chi connectivity index (χ3v) is 3.65. The molecule has 1 N–H and O–H groups in total. The Morgan fingerprint density at radius 1 is 1.40 bits per heavy atom. The first-order valence-electron chi connectivity index (χ1n) is 7.53. The maximum absolute atomic E-state index is 5.84. The van der Waals surface area contributed by atoms with Crippen molar-refractivity contribution in [2.24, 2.45) is 0 Å². The number of aryl methyl sites for hydroxylation is 1. The van der Waals surface area contributed by atoms with E-state index in [0.717, 1.165) is 44.3 Å². The summed E-state index contributed by atoms with van der Waals surface area (Å²) < 4.78 is 11.6. The van der Waals surface area contributed by atoms with Crippen molar-refractivity contribution in [1.29, 1.82) is 0 Å². The number of rotatable bonds is 5. The molecule has 2 rings (SSSR count). The van der Waals surface area contributed by atoms with E-state index in [9.17, 15) is 0 Å². The summed E-state index contributed by atoms with van der Waals surface area (Å²) >= 11 is 0. The van der Waals surface area contributed by atoms with Crippen molar-refractivity contribution >= 4 is 0 Å². The Hall–Kier alpha value is -0.840. The van der Waals surface area contributed by atoms with Gasteiger partial charge < -0.3 is 14.5 Å². The number of hydrogen-bond acceptors (Lipinski definition) is 4. The highest BCUT2D eigenvalue weighted by Gasteiger charge is 2.27. The number of nitrogens with zero attached hydrogens (tertiary/aromatic N) is 1. The van der Waals surface area contributed by atoms with Gasteiger partial charge in [-0.15, -0.1) is 0 Å². The van der Waals surface area contributed by atoms with E-state index in [4.69, 9.17) is 9.15 Å². The van der Waals surface area contributed by atoms with E-state index in [1.165, 1.54) is 5.56 Å². The molecule has 1 aromatic heterocycles. The zero-order chi connectivity index (χ0) is 14.8. The minimum absolute atomic E-state index is 0.0437. The number of hydrogen-bond donors (Lipinski definition) is 1. The van der Waals surface area contributed by atoms with Crippen LogP contribution in [0.25, 0.3) is 0 Å². The summed E-state index contributed by atoms with van der Waals surface area (Å²) in [6.07, 6.45) is 0. The molecule has 4 heteroatoms. The Bertz CT molecular complexity index is 438. The van der Waals surface area contributed by atoms with E-state index < -0.39 is 0 Å². The molecule has 1 fully saturated rings. The van der Waals surface area contributed by atoms with Crippen LogP contribution in [-0.4, -0.2) is 36.2 Å².